The van der Waals surface area contributed by atoms with Crippen LogP contribution in [0.5, 0.6) is 5.75 Å². The number of aromatic nitrogens is 5. The second kappa shape index (κ2) is 8.94. The van der Waals surface area contributed by atoms with E-state index in [4.69, 9.17) is 14.5 Å². The van der Waals surface area contributed by atoms with E-state index in [1.165, 1.54) is 0 Å². The van der Waals surface area contributed by atoms with E-state index < -0.39 is 11.4 Å². The van der Waals surface area contributed by atoms with Crippen LogP contribution in [0.25, 0.3) is 16.9 Å². The Balaban J connectivity index is 1.38. The fourth-order valence-corrected chi connectivity index (χ4v) is 4.28. The first kappa shape index (κ1) is 23.3. The molecule has 0 aromatic carbocycles. The van der Waals surface area contributed by atoms with Gasteiger partial charge in [-0.15, -0.1) is 0 Å². The molecular formula is C24H30FN7O3. The van der Waals surface area contributed by atoms with Gasteiger partial charge in [0, 0.05) is 25.0 Å². The summed E-state index contributed by atoms with van der Waals surface area (Å²) in [6, 6.07) is -0.0812. The summed E-state index contributed by atoms with van der Waals surface area (Å²) in [7, 11) is 1.61. The fraction of sp³-hybridized carbons (Fsp3) is 0.542. The number of methoxy groups -OCH3 is 1. The highest BCUT2D eigenvalue weighted by molar-refractivity contribution is 5.75. The molecule has 11 heteroatoms. The first-order valence-corrected chi connectivity index (χ1v) is 11.9. The van der Waals surface area contributed by atoms with Crippen molar-refractivity contribution < 1.29 is 18.7 Å². The number of rotatable bonds is 5. The second-order valence-corrected chi connectivity index (χ2v) is 10.1. The Kier molecular flexibility index (Phi) is 5.94. The summed E-state index contributed by atoms with van der Waals surface area (Å²) in [4.78, 5) is 27.5. The molecule has 186 valence electrons. The summed E-state index contributed by atoms with van der Waals surface area (Å²) in [6.07, 6.45) is 7.88. The Hall–Kier alpha value is -3.50. The van der Waals surface area contributed by atoms with Gasteiger partial charge in [-0.25, -0.2) is 28.7 Å². The van der Waals surface area contributed by atoms with Gasteiger partial charge in [0.15, 0.2) is 17.2 Å². The lowest BCUT2D eigenvalue weighted by molar-refractivity contribution is 0.0206. The smallest absolute Gasteiger partial charge is 0.410 e. The minimum Gasteiger partial charge on any atom is -0.493 e. The molecule has 3 aromatic rings. The zero-order valence-electron chi connectivity index (χ0n) is 20.4. The van der Waals surface area contributed by atoms with E-state index in [1.54, 1.807) is 28.9 Å². The van der Waals surface area contributed by atoms with Crippen molar-refractivity contribution in [1.82, 2.24) is 29.5 Å². The van der Waals surface area contributed by atoms with Gasteiger partial charge < -0.3 is 19.7 Å². The SMILES string of the molecule is COc1cn2ncc(-c3nc(NC4CCCN(C(=O)OC(C)(C)C)C4)ncc3F)c2nc1C1CC1. The van der Waals surface area contributed by atoms with E-state index in [0.29, 0.717) is 36.0 Å². The number of ether oxygens (including phenoxy) is 2. The lowest BCUT2D eigenvalue weighted by Crippen LogP contribution is -2.47. The minimum atomic E-state index is -0.560. The van der Waals surface area contributed by atoms with Crippen LogP contribution in [-0.4, -0.2) is 67.4 Å². The van der Waals surface area contributed by atoms with Crippen LogP contribution in [-0.2, 0) is 4.74 Å². The molecule has 5 rings (SSSR count). The highest BCUT2D eigenvalue weighted by Gasteiger charge is 2.31. The Morgan fingerprint density at radius 1 is 1.20 bits per heavy atom. The normalized spacial score (nSPS) is 18.5. The van der Waals surface area contributed by atoms with E-state index in [9.17, 15) is 9.18 Å². The molecule has 3 aromatic heterocycles. The Morgan fingerprint density at radius 3 is 2.71 bits per heavy atom. The highest BCUT2D eigenvalue weighted by Crippen LogP contribution is 2.43. The molecule has 1 atom stereocenters. The van der Waals surface area contributed by atoms with E-state index in [2.05, 4.69) is 20.4 Å². The number of carbonyl (C=O) groups is 1. The van der Waals surface area contributed by atoms with Crippen molar-refractivity contribution in [3.63, 3.8) is 0 Å². The highest BCUT2D eigenvalue weighted by atomic mass is 19.1. The van der Waals surface area contributed by atoms with Crippen molar-refractivity contribution >= 4 is 17.7 Å². The van der Waals surface area contributed by atoms with Crippen molar-refractivity contribution in [3.8, 4) is 17.0 Å². The van der Waals surface area contributed by atoms with Gasteiger partial charge in [0.2, 0.25) is 5.95 Å². The lowest BCUT2D eigenvalue weighted by Gasteiger charge is -2.34. The van der Waals surface area contributed by atoms with Crippen LogP contribution in [0.3, 0.4) is 0 Å². The van der Waals surface area contributed by atoms with Crippen LogP contribution in [0.2, 0.25) is 0 Å². The van der Waals surface area contributed by atoms with Crippen molar-refractivity contribution in [1.29, 1.82) is 0 Å². The van der Waals surface area contributed by atoms with Crippen LogP contribution in [0.4, 0.5) is 15.1 Å². The van der Waals surface area contributed by atoms with E-state index in [-0.39, 0.29) is 23.8 Å². The number of nitrogens with one attached hydrogen (secondary N) is 1. The molecule has 1 aliphatic heterocycles. The fourth-order valence-electron chi connectivity index (χ4n) is 4.28. The summed E-state index contributed by atoms with van der Waals surface area (Å²) in [6.45, 7) is 6.61. The van der Waals surface area contributed by atoms with E-state index >= 15 is 0 Å². The van der Waals surface area contributed by atoms with Crippen molar-refractivity contribution in [2.45, 2.75) is 64.0 Å². The number of fused-ring (bicyclic) bond motifs is 1. The topological polar surface area (TPSA) is 107 Å². The molecule has 1 amide bonds. The van der Waals surface area contributed by atoms with Gasteiger partial charge >= 0.3 is 6.09 Å². The molecule has 0 radical (unpaired) electrons. The molecule has 0 spiro atoms. The van der Waals surface area contributed by atoms with Crippen LogP contribution in [0.1, 0.15) is 58.1 Å². The summed E-state index contributed by atoms with van der Waals surface area (Å²) in [5.41, 5.74) is 1.43. The number of halogens is 1. The molecule has 2 fully saturated rings. The molecule has 4 heterocycles. The molecular weight excluding hydrogens is 453 g/mol. The van der Waals surface area contributed by atoms with Gasteiger partial charge in [-0.05, 0) is 46.5 Å². The maximum absolute atomic E-state index is 14.9. The largest absolute Gasteiger partial charge is 0.493 e. The third-order valence-corrected chi connectivity index (χ3v) is 6.08. The summed E-state index contributed by atoms with van der Waals surface area (Å²) >= 11 is 0. The molecule has 35 heavy (non-hydrogen) atoms. The number of hydrogen-bond donors (Lipinski definition) is 1. The Morgan fingerprint density at radius 2 is 2.00 bits per heavy atom. The van der Waals surface area contributed by atoms with E-state index in [1.807, 2.05) is 20.8 Å². The minimum absolute atomic E-state index is 0.0812. The average molecular weight is 484 g/mol. The standard InChI is InChI=1S/C24H30FN7O3/c1-24(2,3)35-23(33)31-9-5-6-15(12-31)28-22-26-11-17(25)20(30-22)16-10-27-32-13-18(34-4)19(14-7-8-14)29-21(16)32/h10-11,13-15H,5-9,12H2,1-4H3,(H,26,28,30). The van der Waals surface area contributed by atoms with Gasteiger partial charge in [0.1, 0.15) is 11.3 Å². The van der Waals surface area contributed by atoms with Crippen LogP contribution in [0.15, 0.2) is 18.6 Å². The molecule has 10 nitrogen and oxygen atoms in total. The van der Waals surface area contributed by atoms with Gasteiger partial charge in [-0.2, -0.15) is 5.10 Å². The first-order valence-electron chi connectivity index (χ1n) is 11.9. The Bertz CT molecular complexity index is 1250. The molecule has 0 bridgehead atoms. The molecule has 1 N–H and O–H groups in total. The predicted molar refractivity (Wildman–Crippen MR) is 127 cm³/mol. The maximum Gasteiger partial charge on any atom is 0.410 e. The van der Waals surface area contributed by atoms with Crippen molar-refractivity contribution in [2.24, 2.45) is 0 Å². The number of amides is 1. The van der Waals surface area contributed by atoms with Gasteiger partial charge in [0.25, 0.3) is 0 Å². The number of nitrogens with zero attached hydrogens (tertiary/aromatic N) is 6. The van der Waals surface area contributed by atoms with Gasteiger partial charge in [0.05, 0.1) is 37.0 Å². The molecule has 1 aliphatic carbocycles. The summed E-state index contributed by atoms with van der Waals surface area (Å²) in [5, 5.41) is 7.60. The third kappa shape index (κ3) is 4.98. The number of anilines is 1. The van der Waals surface area contributed by atoms with Crippen molar-refractivity contribution in [2.75, 3.05) is 25.5 Å². The Labute approximate surface area is 202 Å². The van der Waals surface area contributed by atoms with Crippen LogP contribution >= 0.6 is 0 Å². The lowest BCUT2D eigenvalue weighted by atomic mass is 10.1. The number of carbonyl (C=O) groups excluding carboxylic acids is 1. The predicted octanol–water partition coefficient (Wildman–Crippen LogP) is 4.02. The van der Waals surface area contributed by atoms with Gasteiger partial charge in [-0.1, -0.05) is 0 Å². The van der Waals surface area contributed by atoms with Crippen LogP contribution in [0, 0.1) is 5.82 Å². The summed E-state index contributed by atoms with van der Waals surface area (Å²) < 4.78 is 27.4. The van der Waals surface area contributed by atoms with Crippen molar-refractivity contribution in [3.05, 3.63) is 30.1 Å². The second-order valence-electron chi connectivity index (χ2n) is 10.1. The summed E-state index contributed by atoms with van der Waals surface area (Å²) in [5.74, 6) is 0.749. The zero-order chi connectivity index (χ0) is 24.7. The molecule has 1 unspecified atom stereocenters. The number of piperidine rings is 1. The van der Waals surface area contributed by atoms with E-state index in [0.717, 1.165) is 37.6 Å². The molecule has 1 saturated heterocycles. The molecule has 1 saturated carbocycles. The number of likely N-dealkylation sites (tertiary alicyclic amines) is 1. The zero-order valence-corrected chi connectivity index (χ0v) is 20.4. The third-order valence-electron chi connectivity index (χ3n) is 6.08. The van der Waals surface area contributed by atoms with Crippen LogP contribution < -0.4 is 10.1 Å². The maximum atomic E-state index is 14.9. The number of hydrogen-bond acceptors (Lipinski definition) is 8. The quantitative estimate of drug-likeness (QED) is 0.580. The average Bonchev–Trinajstić information content (AvgIpc) is 3.58. The molecule has 2 aliphatic rings. The monoisotopic (exact) mass is 483 g/mol. The van der Waals surface area contributed by atoms with Gasteiger partial charge in [-0.3, -0.25) is 0 Å². The first-order chi connectivity index (χ1) is 16.7.